The summed E-state index contributed by atoms with van der Waals surface area (Å²) in [7, 11) is -2.85. The molecule has 0 spiro atoms. The van der Waals surface area contributed by atoms with Crippen LogP contribution < -0.4 is 5.73 Å². The summed E-state index contributed by atoms with van der Waals surface area (Å²) in [5.74, 6) is 2.49. The van der Waals surface area contributed by atoms with Gasteiger partial charge < -0.3 is 5.73 Å². The molecular formula is C12H20N4O2S. The van der Waals surface area contributed by atoms with E-state index in [1.165, 1.54) is 0 Å². The summed E-state index contributed by atoms with van der Waals surface area (Å²) in [6.45, 7) is 0. The molecule has 3 heterocycles. The molecule has 2 unspecified atom stereocenters. The van der Waals surface area contributed by atoms with Gasteiger partial charge in [0.05, 0.1) is 11.5 Å². The highest BCUT2D eigenvalue weighted by Gasteiger charge is 2.27. The molecule has 0 amide bonds. The Bertz CT molecular complexity index is 566. The maximum atomic E-state index is 11.6. The van der Waals surface area contributed by atoms with E-state index < -0.39 is 9.84 Å². The van der Waals surface area contributed by atoms with Gasteiger partial charge in [-0.05, 0) is 31.6 Å². The molecule has 7 heteroatoms. The number of nitrogens with zero attached hydrogens (tertiary/aromatic N) is 3. The van der Waals surface area contributed by atoms with E-state index in [1.807, 2.05) is 4.68 Å². The minimum absolute atomic E-state index is 0.0694. The van der Waals surface area contributed by atoms with Crippen molar-refractivity contribution in [2.45, 2.75) is 44.7 Å². The quantitative estimate of drug-likeness (QED) is 0.851. The molecule has 0 aliphatic carbocycles. The van der Waals surface area contributed by atoms with Gasteiger partial charge in [0.2, 0.25) is 0 Å². The highest BCUT2D eigenvalue weighted by molar-refractivity contribution is 7.91. The minimum atomic E-state index is -2.85. The molecule has 6 nitrogen and oxygen atoms in total. The molecule has 1 saturated heterocycles. The first-order chi connectivity index (χ1) is 9.03. The van der Waals surface area contributed by atoms with E-state index in [-0.39, 0.29) is 17.8 Å². The number of fused-ring (bicyclic) bond motifs is 1. The van der Waals surface area contributed by atoms with Crippen molar-refractivity contribution in [1.29, 1.82) is 0 Å². The minimum Gasteiger partial charge on any atom is -0.310 e. The Morgan fingerprint density at radius 3 is 2.89 bits per heavy atom. The molecule has 0 aromatic carbocycles. The third kappa shape index (κ3) is 2.81. The van der Waals surface area contributed by atoms with Gasteiger partial charge in [0, 0.05) is 12.8 Å². The molecule has 2 N–H and O–H groups in total. The van der Waals surface area contributed by atoms with Crippen LogP contribution in [-0.2, 0) is 22.7 Å². The van der Waals surface area contributed by atoms with Crippen LogP contribution in [0.4, 0.5) is 0 Å². The summed E-state index contributed by atoms with van der Waals surface area (Å²) >= 11 is 0. The predicted octanol–water partition coefficient (Wildman–Crippen LogP) is 0.439. The Morgan fingerprint density at radius 1 is 1.32 bits per heavy atom. The number of hydrogen-bond donors (Lipinski definition) is 1. The van der Waals surface area contributed by atoms with Crippen LogP contribution in [0.15, 0.2) is 0 Å². The molecule has 3 rings (SSSR count). The van der Waals surface area contributed by atoms with Gasteiger partial charge in [-0.15, -0.1) is 0 Å². The number of hydrogen-bond acceptors (Lipinski definition) is 5. The Labute approximate surface area is 113 Å². The summed E-state index contributed by atoms with van der Waals surface area (Å²) in [5.41, 5.74) is 6.00. The largest absolute Gasteiger partial charge is 0.310 e. The SMILES string of the molecule is NC1CCCc2nc(CC3CCCS(=O)(=O)C3)nn21. The molecule has 19 heavy (non-hydrogen) atoms. The van der Waals surface area contributed by atoms with Gasteiger partial charge in [-0.25, -0.2) is 18.1 Å². The molecule has 2 aliphatic rings. The lowest BCUT2D eigenvalue weighted by Gasteiger charge is -2.20. The third-order valence-electron chi connectivity index (χ3n) is 3.99. The summed E-state index contributed by atoms with van der Waals surface area (Å²) in [4.78, 5) is 4.52. The maximum Gasteiger partial charge on any atom is 0.151 e. The molecule has 1 fully saturated rings. The Kier molecular flexibility index (Phi) is 3.34. The van der Waals surface area contributed by atoms with Crippen molar-refractivity contribution in [2.24, 2.45) is 11.7 Å². The van der Waals surface area contributed by atoms with Gasteiger partial charge in [-0.1, -0.05) is 0 Å². The molecule has 2 atom stereocenters. The molecule has 106 valence electrons. The fraction of sp³-hybridized carbons (Fsp3) is 0.833. The van der Waals surface area contributed by atoms with Crippen molar-refractivity contribution in [1.82, 2.24) is 14.8 Å². The van der Waals surface area contributed by atoms with E-state index in [2.05, 4.69) is 10.1 Å². The van der Waals surface area contributed by atoms with Gasteiger partial charge in [0.1, 0.15) is 12.0 Å². The predicted molar refractivity (Wildman–Crippen MR) is 71.3 cm³/mol. The van der Waals surface area contributed by atoms with Crippen molar-refractivity contribution < 1.29 is 8.42 Å². The number of rotatable bonds is 2. The van der Waals surface area contributed by atoms with Crippen molar-refractivity contribution in [3.63, 3.8) is 0 Å². The van der Waals surface area contributed by atoms with E-state index in [0.29, 0.717) is 12.2 Å². The van der Waals surface area contributed by atoms with E-state index in [9.17, 15) is 8.42 Å². The van der Waals surface area contributed by atoms with E-state index >= 15 is 0 Å². The average Bonchev–Trinajstić information content (AvgIpc) is 2.71. The van der Waals surface area contributed by atoms with Crippen molar-refractivity contribution in [3.05, 3.63) is 11.6 Å². The van der Waals surface area contributed by atoms with Crippen LogP contribution in [0.1, 0.15) is 43.5 Å². The lowest BCUT2D eigenvalue weighted by molar-refractivity contribution is 0.370. The summed E-state index contributed by atoms with van der Waals surface area (Å²) in [6, 6.07) is 0. The van der Waals surface area contributed by atoms with Crippen LogP contribution in [0.2, 0.25) is 0 Å². The fourth-order valence-electron chi connectivity index (χ4n) is 3.06. The van der Waals surface area contributed by atoms with Crippen LogP contribution in [0.3, 0.4) is 0 Å². The number of sulfone groups is 1. The summed E-state index contributed by atoms with van der Waals surface area (Å²) < 4.78 is 25.1. The highest BCUT2D eigenvalue weighted by Crippen LogP contribution is 2.23. The molecule has 1 aromatic heterocycles. The van der Waals surface area contributed by atoms with Gasteiger partial charge >= 0.3 is 0 Å². The second-order valence-corrected chi connectivity index (χ2v) is 7.90. The first-order valence-corrected chi connectivity index (χ1v) is 8.76. The number of aromatic nitrogens is 3. The van der Waals surface area contributed by atoms with E-state index in [1.54, 1.807) is 0 Å². The van der Waals surface area contributed by atoms with Crippen LogP contribution in [0, 0.1) is 5.92 Å². The van der Waals surface area contributed by atoms with E-state index in [0.717, 1.165) is 43.8 Å². The Balaban J connectivity index is 1.73. The molecule has 0 saturated carbocycles. The molecular weight excluding hydrogens is 264 g/mol. The van der Waals surface area contributed by atoms with Crippen LogP contribution in [0.5, 0.6) is 0 Å². The Morgan fingerprint density at radius 2 is 2.16 bits per heavy atom. The van der Waals surface area contributed by atoms with Gasteiger partial charge in [-0.2, -0.15) is 5.10 Å². The van der Waals surface area contributed by atoms with Crippen molar-refractivity contribution in [2.75, 3.05) is 11.5 Å². The molecule has 1 aromatic rings. The third-order valence-corrected chi connectivity index (χ3v) is 5.88. The lowest BCUT2D eigenvalue weighted by Crippen LogP contribution is -2.27. The second kappa shape index (κ2) is 4.86. The second-order valence-electron chi connectivity index (χ2n) is 5.68. The van der Waals surface area contributed by atoms with Crippen LogP contribution >= 0.6 is 0 Å². The smallest absolute Gasteiger partial charge is 0.151 e. The zero-order valence-electron chi connectivity index (χ0n) is 11.0. The normalized spacial score (nSPS) is 29.9. The molecule has 0 radical (unpaired) electrons. The van der Waals surface area contributed by atoms with E-state index in [4.69, 9.17) is 5.73 Å². The number of aryl methyl sites for hydroxylation is 1. The topological polar surface area (TPSA) is 90.9 Å². The standard InChI is InChI=1S/C12H20N4O2S/c13-10-4-1-5-12-14-11(15-16(10)12)7-9-3-2-6-19(17,18)8-9/h9-10H,1-8,13H2. The number of nitrogens with two attached hydrogens (primary N) is 1. The molecule has 0 bridgehead atoms. The van der Waals surface area contributed by atoms with Crippen LogP contribution in [0.25, 0.3) is 0 Å². The maximum absolute atomic E-state index is 11.6. The summed E-state index contributed by atoms with van der Waals surface area (Å²) in [6.07, 6.45) is 5.22. The van der Waals surface area contributed by atoms with Gasteiger partial charge in [0.15, 0.2) is 15.7 Å². The zero-order chi connectivity index (χ0) is 13.5. The van der Waals surface area contributed by atoms with Crippen LogP contribution in [-0.4, -0.2) is 34.7 Å². The summed E-state index contributed by atoms with van der Waals surface area (Å²) in [5, 5.41) is 4.46. The Hall–Kier alpha value is -0.950. The average molecular weight is 284 g/mol. The first kappa shape index (κ1) is 13.1. The molecule has 2 aliphatic heterocycles. The lowest BCUT2D eigenvalue weighted by atomic mass is 10.0. The van der Waals surface area contributed by atoms with Gasteiger partial charge in [0.25, 0.3) is 0 Å². The first-order valence-electron chi connectivity index (χ1n) is 6.94. The van der Waals surface area contributed by atoms with Crippen molar-refractivity contribution in [3.8, 4) is 0 Å². The highest BCUT2D eigenvalue weighted by atomic mass is 32.2. The zero-order valence-corrected chi connectivity index (χ0v) is 11.8. The van der Waals surface area contributed by atoms with Crippen molar-refractivity contribution >= 4 is 9.84 Å². The fourth-order valence-corrected chi connectivity index (χ4v) is 4.83. The van der Waals surface area contributed by atoms with Gasteiger partial charge in [-0.3, -0.25) is 0 Å². The monoisotopic (exact) mass is 284 g/mol.